The molecule has 0 aliphatic heterocycles. The zero-order chi connectivity index (χ0) is 8.27. The molecule has 0 aliphatic rings. The third kappa shape index (κ3) is 1.65. The molecule has 1 aromatic heterocycles. The number of amidine groups is 1. The van der Waals surface area contributed by atoms with Crippen LogP contribution in [0.5, 0.6) is 0 Å². The Morgan fingerprint density at radius 2 is 2.45 bits per heavy atom. The first kappa shape index (κ1) is 7.94. The lowest BCUT2D eigenvalue weighted by molar-refractivity contribution is 0.617. The van der Waals surface area contributed by atoms with E-state index in [2.05, 4.69) is 4.98 Å². The van der Waals surface area contributed by atoms with E-state index in [-0.39, 0.29) is 11.5 Å². The van der Waals surface area contributed by atoms with Crippen LogP contribution in [0.1, 0.15) is 5.69 Å². The third-order valence-electron chi connectivity index (χ3n) is 1.09. The molecule has 0 spiro atoms. The molecule has 0 atom stereocenters. The largest absolute Gasteiger partial charge is 0.282 e. The van der Waals surface area contributed by atoms with Crippen molar-refractivity contribution in [2.75, 3.05) is 0 Å². The Morgan fingerprint density at radius 3 is 3.00 bits per heavy atom. The maximum atomic E-state index is 12.7. The zero-order valence-electron chi connectivity index (χ0n) is 5.44. The standard InChI is InChI=1S/C6H5ClFN3/c7-11-6(9)5-4(8)2-1-3-10-5/h1-3H,(H2,9,11). The van der Waals surface area contributed by atoms with E-state index in [0.29, 0.717) is 0 Å². The van der Waals surface area contributed by atoms with Crippen molar-refractivity contribution in [3.63, 3.8) is 0 Å². The lowest BCUT2D eigenvalue weighted by Gasteiger charge is -1.99. The third-order valence-corrected chi connectivity index (χ3v) is 1.28. The molecule has 0 bridgehead atoms. The highest BCUT2D eigenvalue weighted by molar-refractivity contribution is 6.24. The summed E-state index contributed by atoms with van der Waals surface area (Å²) >= 11 is 5.08. The summed E-state index contributed by atoms with van der Waals surface area (Å²) in [7, 11) is 0. The van der Waals surface area contributed by atoms with Crippen molar-refractivity contribution >= 4 is 17.6 Å². The molecule has 0 unspecified atom stereocenters. The fraction of sp³-hybridized carbons (Fsp3) is 0. The smallest absolute Gasteiger partial charge is 0.162 e. The first-order valence-corrected chi connectivity index (χ1v) is 3.19. The second kappa shape index (κ2) is 3.30. The van der Waals surface area contributed by atoms with E-state index in [1.54, 1.807) is 0 Å². The van der Waals surface area contributed by atoms with Crippen LogP contribution in [0, 0.1) is 11.2 Å². The summed E-state index contributed by atoms with van der Waals surface area (Å²) < 4.78 is 12.7. The Morgan fingerprint density at radius 1 is 1.73 bits per heavy atom. The fourth-order valence-corrected chi connectivity index (χ4v) is 0.704. The van der Waals surface area contributed by atoms with Crippen LogP contribution in [0.3, 0.4) is 0 Å². The molecule has 1 aromatic rings. The van der Waals surface area contributed by atoms with E-state index in [1.807, 2.05) is 4.84 Å². The van der Waals surface area contributed by atoms with Gasteiger partial charge in [0.1, 0.15) is 5.69 Å². The molecular weight excluding hydrogens is 169 g/mol. The number of halogens is 2. The van der Waals surface area contributed by atoms with Crippen LogP contribution >= 0.6 is 11.8 Å². The van der Waals surface area contributed by atoms with E-state index in [9.17, 15) is 4.39 Å². The Balaban J connectivity index is 3.03. The fourth-order valence-electron chi connectivity index (χ4n) is 0.614. The van der Waals surface area contributed by atoms with E-state index in [1.165, 1.54) is 18.3 Å². The van der Waals surface area contributed by atoms with E-state index >= 15 is 0 Å². The number of hydrogen-bond donors (Lipinski definition) is 2. The lowest BCUT2D eigenvalue weighted by atomic mass is 10.3. The Labute approximate surface area is 67.8 Å². The maximum Gasteiger partial charge on any atom is 0.162 e. The van der Waals surface area contributed by atoms with E-state index < -0.39 is 5.82 Å². The molecule has 5 heteroatoms. The monoisotopic (exact) mass is 173 g/mol. The van der Waals surface area contributed by atoms with Crippen LogP contribution in [0.25, 0.3) is 0 Å². The Bertz CT molecular complexity index is 276. The molecule has 58 valence electrons. The van der Waals surface area contributed by atoms with Crippen LogP contribution < -0.4 is 4.84 Å². The van der Waals surface area contributed by atoms with Crippen molar-refractivity contribution in [2.24, 2.45) is 0 Å². The summed E-state index contributed by atoms with van der Waals surface area (Å²) in [4.78, 5) is 5.58. The highest BCUT2D eigenvalue weighted by atomic mass is 35.5. The van der Waals surface area contributed by atoms with Crippen molar-refractivity contribution in [3.05, 3.63) is 29.8 Å². The van der Waals surface area contributed by atoms with Crippen molar-refractivity contribution in [2.45, 2.75) is 0 Å². The SMILES string of the molecule is N=C(NCl)c1ncccc1F. The second-order valence-electron chi connectivity index (χ2n) is 1.80. The van der Waals surface area contributed by atoms with Gasteiger partial charge in [-0.15, -0.1) is 0 Å². The Kier molecular flexibility index (Phi) is 2.38. The van der Waals surface area contributed by atoms with E-state index in [0.717, 1.165) is 0 Å². The number of pyridine rings is 1. The predicted molar refractivity (Wildman–Crippen MR) is 40.0 cm³/mol. The molecule has 0 radical (unpaired) electrons. The molecular formula is C6H5ClFN3. The average Bonchev–Trinajstić information content (AvgIpc) is 2.04. The molecule has 3 nitrogen and oxygen atoms in total. The van der Waals surface area contributed by atoms with Gasteiger partial charge >= 0.3 is 0 Å². The van der Waals surface area contributed by atoms with Gasteiger partial charge in [-0.1, -0.05) is 0 Å². The molecule has 0 aromatic carbocycles. The highest BCUT2D eigenvalue weighted by Gasteiger charge is 2.06. The van der Waals surface area contributed by atoms with Crippen LogP contribution in [0.2, 0.25) is 0 Å². The summed E-state index contributed by atoms with van der Waals surface area (Å²) in [6.45, 7) is 0. The number of hydrogen-bond acceptors (Lipinski definition) is 2. The van der Waals surface area contributed by atoms with Gasteiger partial charge in [-0.05, 0) is 12.1 Å². The number of nitrogens with zero attached hydrogens (tertiary/aromatic N) is 1. The minimum atomic E-state index is -0.564. The molecule has 0 fully saturated rings. The molecule has 11 heavy (non-hydrogen) atoms. The molecule has 0 aliphatic carbocycles. The summed E-state index contributed by atoms with van der Waals surface area (Å²) in [6.07, 6.45) is 1.39. The van der Waals surface area contributed by atoms with Crippen molar-refractivity contribution in [1.29, 1.82) is 5.41 Å². The number of aromatic nitrogens is 1. The minimum absolute atomic E-state index is 0.0810. The van der Waals surface area contributed by atoms with Crippen LogP contribution in [0.15, 0.2) is 18.3 Å². The van der Waals surface area contributed by atoms with Gasteiger partial charge in [-0.2, -0.15) is 0 Å². The van der Waals surface area contributed by atoms with Gasteiger partial charge in [0, 0.05) is 18.0 Å². The minimum Gasteiger partial charge on any atom is -0.282 e. The van der Waals surface area contributed by atoms with Crippen molar-refractivity contribution < 1.29 is 4.39 Å². The molecule has 0 amide bonds. The molecule has 0 saturated carbocycles. The lowest BCUT2D eigenvalue weighted by Crippen LogP contribution is -2.15. The molecule has 1 heterocycles. The van der Waals surface area contributed by atoms with Crippen LogP contribution in [0.4, 0.5) is 4.39 Å². The van der Waals surface area contributed by atoms with Gasteiger partial charge < -0.3 is 0 Å². The van der Waals surface area contributed by atoms with Crippen molar-refractivity contribution in [3.8, 4) is 0 Å². The van der Waals surface area contributed by atoms with Gasteiger partial charge in [0.05, 0.1) is 0 Å². The average molecular weight is 174 g/mol. The van der Waals surface area contributed by atoms with Crippen molar-refractivity contribution in [1.82, 2.24) is 9.82 Å². The normalized spacial score (nSPS) is 9.27. The van der Waals surface area contributed by atoms with E-state index in [4.69, 9.17) is 17.2 Å². The number of rotatable bonds is 1. The molecule has 1 rings (SSSR count). The molecule has 0 saturated heterocycles. The topological polar surface area (TPSA) is 48.8 Å². The quantitative estimate of drug-likeness (QED) is 0.382. The summed E-state index contributed by atoms with van der Waals surface area (Å²) in [5.74, 6) is -0.810. The maximum absolute atomic E-state index is 12.7. The Hall–Kier alpha value is -1.16. The van der Waals surface area contributed by atoms with Gasteiger partial charge in [0.15, 0.2) is 11.7 Å². The highest BCUT2D eigenvalue weighted by Crippen LogP contribution is 2.01. The van der Waals surface area contributed by atoms with Gasteiger partial charge in [0.2, 0.25) is 0 Å². The molecule has 2 N–H and O–H groups in total. The van der Waals surface area contributed by atoms with Crippen LogP contribution in [-0.4, -0.2) is 10.8 Å². The first-order valence-electron chi connectivity index (χ1n) is 2.82. The predicted octanol–water partition coefficient (Wildman–Crippen LogP) is 1.29. The number of nitrogens with one attached hydrogen (secondary N) is 2. The van der Waals surface area contributed by atoms with Gasteiger partial charge in [-0.3, -0.25) is 10.2 Å². The van der Waals surface area contributed by atoms with Gasteiger partial charge in [-0.25, -0.2) is 9.37 Å². The summed E-state index contributed by atoms with van der Waals surface area (Å²) in [5, 5.41) is 7.07. The second-order valence-corrected chi connectivity index (χ2v) is 1.99. The van der Waals surface area contributed by atoms with Gasteiger partial charge in [0.25, 0.3) is 0 Å². The summed E-state index contributed by atoms with van der Waals surface area (Å²) in [5.41, 5.74) is -0.0810. The van der Waals surface area contributed by atoms with Crippen LogP contribution in [-0.2, 0) is 0 Å². The zero-order valence-corrected chi connectivity index (χ0v) is 6.19. The summed E-state index contributed by atoms with van der Waals surface area (Å²) in [6, 6.07) is 2.66. The first-order chi connectivity index (χ1) is 5.25.